The van der Waals surface area contributed by atoms with Crippen LogP contribution in [0.2, 0.25) is 0 Å². The van der Waals surface area contributed by atoms with Crippen molar-refractivity contribution in [1.29, 1.82) is 0 Å². The van der Waals surface area contributed by atoms with E-state index in [-0.39, 0.29) is 10.6 Å². The molecular weight excluding hydrogens is 256 g/mol. The maximum atomic E-state index is 11.0. The molecule has 0 radical (unpaired) electrons. The molecular formula is C15H22N2O3. The van der Waals surface area contributed by atoms with Crippen molar-refractivity contribution < 1.29 is 9.66 Å². The summed E-state index contributed by atoms with van der Waals surface area (Å²) in [5, 5.41) is 14.3. The Morgan fingerprint density at radius 2 is 2.15 bits per heavy atom. The lowest BCUT2D eigenvalue weighted by molar-refractivity contribution is -0.384. The van der Waals surface area contributed by atoms with Crippen LogP contribution in [0.5, 0.6) is 5.75 Å². The molecule has 5 heteroatoms. The topological polar surface area (TPSA) is 64.4 Å². The SMILES string of the molecule is CCCOc1cc(NCC2(C)CCC2)cc([N+](=O)[O-])c1. The van der Waals surface area contributed by atoms with E-state index in [2.05, 4.69) is 12.2 Å². The van der Waals surface area contributed by atoms with Crippen molar-refractivity contribution >= 4 is 11.4 Å². The number of benzene rings is 1. The summed E-state index contributed by atoms with van der Waals surface area (Å²) in [7, 11) is 0. The first-order valence-electron chi connectivity index (χ1n) is 7.18. The van der Waals surface area contributed by atoms with Gasteiger partial charge in [0, 0.05) is 24.4 Å². The molecule has 0 bridgehead atoms. The number of anilines is 1. The average Bonchev–Trinajstić information content (AvgIpc) is 2.40. The van der Waals surface area contributed by atoms with E-state index in [0.717, 1.165) is 18.7 Å². The maximum absolute atomic E-state index is 11.0. The van der Waals surface area contributed by atoms with Crippen LogP contribution in [0.3, 0.4) is 0 Å². The van der Waals surface area contributed by atoms with Crippen LogP contribution in [-0.2, 0) is 0 Å². The number of nitro benzene ring substituents is 1. The second-order valence-electron chi connectivity index (χ2n) is 5.84. The summed E-state index contributed by atoms with van der Waals surface area (Å²) in [6, 6.07) is 4.89. The zero-order valence-corrected chi connectivity index (χ0v) is 12.1. The largest absolute Gasteiger partial charge is 0.493 e. The first-order valence-corrected chi connectivity index (χ1v) is 7.18. The van der Waals surface area contributed by atoms with Gasteiger partial charge in [-0.15, -0.1) is 0 Å². The molecule has 0 atom stereocenters. The van der Waals surface area contributed by atoms with Gasteiger partial charge in [-0.1, -0.05) is 20.3 Å². The molecule has 2 rings (SSSR count). The Balaban J connectivity index is 2.09. The average molecular weight is 278 g/mol. The molecule has 0 spiro atoms. The summed E-state index contributed by atoms with van der Waals surface area (Å²) >= 11 is 0. The molecule has 1 aliphatic rings. The van der Waals surface area contributed by atoms with Gasteiger partial charge in [0.05, 0.1) is 17.6 Å². The smallest absolute Gasteiger partial charge is 0.275 e. The minimum atomic E-state index is -0.380. The number of hydrogen-bond acceptors (Lipinski definition) is 4. The molecule has 0 unspecified atom stereocenters. The van der Waals surface area contributed by atoms with Crippen LogP contribution < -0.4 is 10.1 Å². The van der Waals surface area contributed by atoms with E-state index < -0.39 is 0 Å². The van der Waals surface area contributed by atoms with Crippen LogP contribution >= 0.6 is 0 Å². The zero-order chi connectivity index (χ0) is 14.6. The highest BCUT2D eigenvalue weighted by Gasteiger charge is 2.31. The molecule has 1 aromatic carbocycles. The highest BCUT2D eigenvalue weighted by molar-refractivity contribution is 5.56. The van der Waals surface area contributed by atoms with Crippen molar-refractivity contribution in [2.24, 2.45) is 5.41 Å². The Bertz CT molecular complexity index is 484. The molecule has 1 aliphatic carbocycles. The molecule has 1 fully saturated rings. The van der Waals surface area contributed by atoms with E-state index in [1.54, 1.807) is 6.07 Å². The zero-order valence-electron chi connectivity index (χ0n) is 12.1. The van der Waals surface area contributed by atoms with Gasteiger partial charge >= 0.3 is 0 Å². The number of nitrogens with one attached hydrogen (secondary N) is 1. The third kappa shape index (κ3) is 3.62. The Morgan fingerprint density at radius 1 is 1.40 bits per heavy atom. The van der Waals surface area contributed by atoms with Gasteiger partial charge in [0.25, 0.3) is 5.69 Å². The van der Waals surface area contributed by atoms with Gasteiger partial charge in [-0.2, -0.15) is 0 Å². The van der Waals surface area contributed by atoms with Gasteiger partial charge in [-0.3, -0.25) is 10.1 Å². The lowest BCUT2D eigenvalue weighted by atomic mass is 9.70. The highest BCUT2D eigenvalue weighted by atomic mass is 16.6. The monoisotopic (exact) mass is 278 g/mol. The van der Waals surface area contributed by atoms with Crippen molar-refractivity contribution in [3.63, 3.8) is 0 Å². The Morgan fingerprint density at radius 3 is 2.70 bits per heavy atom. The fourth-order valence-corrected chi connectivity index (χ4v) is 2.37. The van der Waals surface area contributed by atoms with Crippen molar-refractivity contribution in [2.75, 3.05) is 18.5 Å². The lowest BCUT2D eigenvalue weighted by Gasteiger charge is -2.38. The first kappa shape index (κ1) is 14.6. The molecule has 0 aromatic heterocycles. The Hall–Kier alpha value is -1.78. The minimum absolute atomic E-state index is 0.0693. The second-order valence-corrected chi connectivity index (χ2v) is 5.84. The summed E-state index contributed by atoms with van der Waals surface area (Å²) < 4.78 is 5.51. The molecule has 5 nitrogen and oxygen atoms in total. The number of rotatable bonds is 7. The molecule has 110 valence electrons. The molecule has 0 aliphatic heterocycles. The fourth-order valence-electron chi connectivity index (χ4n) is 2.37. The van der Waals surface area contributed by atoms with E-state index in [9.17, 15) is 10.1 Å². The molecule has 20 heavy (non-hydrogen) atoms. The van der Waals surface area contributed by atoms with Gasteiger partial charge in [-0.25, -0.2) is 0 Å². The number of nitrogens with zero attached hydrogens (tertiary/aromatic N) is 1. The highest BCUT2D eigenvalue weighted by Crippen LogP contribution is 2.40. The van der Waals surface area contributed by atoms with E-state index in [0.29, 0.717) is 17.8 Å². The minimum Gasteiger partial charge on any atom is -0.493 e. The third-order valence-corrected chi connectivity index (χ3v) is 3.85. The normalized spacial score (nSPS) is 16.3. The van der Waals surface area contributed by atoms with Crippen LogP contribution in [0.15, 0.2) is 18.2 Å². The molecule has 1 aromatic rings. The summed E-state index contributed by atoms with van der Waals surface area (Å²) in [6.07, 6.45) is 4.59. The van der Waals surface area contributed by atoms with E-state index in [1.165, 1.54) is 25.3 Å². The van der Waals surface area contributed by atoms with Crippen LogP contribution in [0.4, 0.5) is 11.4 Å². The summed E-state index contributed by atoms with van der Waals surface area (Å²) in [4.78, 5) is 10.6. The van der Waals surface area contributed by atoms with Crippen molar-refractivity contribution in [3.05, 3.63) is 28.3 Å². The van der Waals surface area contributed by atoms with Gasteiger partial charge in [0.1, 0.15) is 5.75 Å². The van der Waals surface area contributed by atoms with Crippen molar-refractivity contribution in [3.8, 4) is 5.75 Å². The fraction of sp³-hybridized carbons (Fsp3) is 0.600. The second kappa shape index (κ2) is 6.11. The molecule has 0 saturated heterocycles. The van der Waals surface area contributed by atoms with Crippen molar-refractivity contribution in [1.82, 2.24) is 0 Å². The van der Waals surface area contributed by atoms with Gasteiger partial charge in [0.15, 0.2) is 0 Å². The summed E-state index contributed by atoms with van der Waals surface area (Å²) in [5.74, 6) is 0.558. The first-order chi connectivity index (χ1) is 9.52. The van der Waals surface area contributed by atoms with E-state index in [1.807, 2.05) is 13.0 Å². The molecule has 1 N–H and O–H groups in total. The lowest BCUT2D eigenvalue weighted by Crippen LogP contribution is -2.33. The van der Waals surface area contributed by atoms with E-state index >= 15 is 0 Å². The van der Waals surface area contributed by atoms with Crippen LogP contribution in [0.1, 0.15) is 39.5 Å². The summed E-state index contributed by atoms with van der Waals surface area (Å²) in [5.41, 5.74) is 1.16. The molecule has 0 amide bonds. The summed E-state index contributed by atoms with van der Waals surface area (Å²) in [6.45, 7) is 5.67. The number of ether oxygens (including phenoxy) is 1. The maximum Gasteiger partial charge on any atom is 0.275 e. The predicted octanol–water partition coefficient (Wildman–Crippen LogP) is 3.99. The number of hydrogen-bond donors (Lipinski definition) is 1. The van der Waals surface area contributed by atoms with Crippen LogP contribution in [0.25, 0.3) is 0 Å². The van der Waals surface area contributed by atoms with E-state index in [4.69, 9.17) is 4.74 Å². The predicted molar refractivity (Wildman–Crippen MR) is 79.3 cm³/mol. The van der Waals surface area contributed by atoms with Crippen molar-refractivity contribution in [2.45, 2.75) is 39.5 Å². The third-order valence-electron chi connectivity index (χ3n) is 3.85. The molecule has 1 saturated carbocycles. The van der Waals surface area contributed by atoms with Crippen LogP contribution in [-0.4, -0.2) is 18.1 Å². The Kier molecular flexibility index (Phi) is 4.47. The number of non-ortho nitro benzene ring substituents is 1. The quantitative estimate of drug-likeness (QED) is 0.605. The van der Waals surface area contributed by atoms with Gasteiger partial charge in [0.2, 0.25) is 0 Å². The Labute approximate surface area is 119 Å². The molecule has 0 heterocycles. The van der Waals surface area contributed by atoms with Crippen LogP contribution in [0, 0.1) is 15.5 Å². The number of nitro groups is 1. The van der Waals surface area contributed by atoms with Gasteiger partial charge < -0.3 is 10.1 Å². The van der Waals surface area contributed by atoms with Gasteiger partial charge in [-0.05, 0) is 24.7 Å². The standard InChI is InChI=1S/C15H22N2O3/c1-3-7-20-14-9-12(8-13(10-14)17(18)19)16-11-15(2)5-4-6-15/h8-10,16H,3-7,11H2,1-2H3.